The van der Waals surface area contributed by atoms with E-state index < -0.39 is 0 Å². The number of thioether (sulfide) groups is 1. The number of aromatic nitrogens is 2. The highest BCUT2D eigenvalue weighted by atomic mass is 32.2. The minimum Gasteiger partial charge on any atom is -0.339 e. The number of hydrogen-bond acceptors (Lipinski definition) is 5. The van der Waals surface area contributed by atoms with Crippen molar-refractivity contribution >= 4 is 11.8 Å². The zero-order valence-corrected chi connectivity index (χ0v) is 11.6. The molecule has 2 atom stereocenters. The van der Waals surface area contributed by atoms with Crippen LogP contribution < -0.4 is 5.32 Å². The van der Waals surface area contributed by atoms with Gasteiger partial charge in [-0.25, -0.2) is 0 Å². The molecule has 0 spiro atoms. The van der Waals surface area contributed by atoms with E-state index in [9.17, 15) is 0 Å². The Hall–Kier alpha value is -0.550. The molecule has 96 valence electrons. The van der Waals surface area contributed by atoms with E-state index in [-0.39, 0.29) is 0 Å². The molecule has 0 amide bonds. The van der Waals surface area contributed by atoms with Crippen LogP contribution >= 0.6 is 11.8 Å². The van der Waals surface area contributed by atoms with Gasteiger partial charge in [-0.05, 0) is 31.6 Å². The van der Waals surface area contributed by atoms with Gasteiger partial charge in [-0.3, -0.25) is 0 Å². The lowest BCUT2D eigenvalue weighted by Gasteiger charge is -2.08. The van der Waals surface area contributed by atoms with Crippen molar-refractivity contribution in [3.05, 3.63) is 11.7 Å². The first-order chi connectivity index (χ1) is 8.16. The Morgan fingerprint density at radius 3 is 3.00 bits per heavy atom. The maximum atomic E-state index is 5.36. The number of hydrogen-bond donors (Lipinski definition) is 1. The summed E-state index contributed by atoms with van der Waals surface area (Å²) in [6.07, 6.45) is 1.10. The maximum absolute atomic E-state index is 5.36. The molecule has 0 radical (unpaired) electrons. The minimum atomic E-state index is 0.395. The molecule has 1 aliphatic rings. The third-order valence-electron chi connectivity index (χ3n) is 3.01. The quantitative estimate of drug-likeness (QED) is 0.875. The Bertz CT molecular complexity index is 353. The van der Waals surface area contributed by atoms with Gasteiger partial charge in [0.15, 0.2) is 5.82 Å². The van der Waals surface area contributed by atoms with Gasteiger partial charge in [0.25, 0.3) is 0 Å². The molecule has 17 heavy (non-hydrogen) atoms. The lowest BCUT2D eigenvalue weighted by Crippen LogP contribution is -2.21. The summed E-state index contributed by atoms with van der Waals surface area (Å²) in [6.45, 7) is 7.67. The van der Waals surface area contributed by atoms with Crippen LogP contribution in [0.5, 0.6) is 0 Å². The molecular formula is C12H21N3OS. The van der Waals surface area contributed by atoms with Gasteiger partial charge in [0, 0.05) is 6.04 Å². The fraction of sp³-hybridized carbons (Fsp3) is 0.833. The van der Waals surface area contributed by atoms with Gasteiger partial charge in [-0.2, -0.15) is 16.7 Å². The van der Waals surface area contributed by atoms with Crippen LogP contribution in [0.1, 0.15) is 44.8 Å². The van der Waals surface area contributed by atoms with Crippen LogP contribution in [-0.2, 0) is 5.75 Å². The lowest BCUT2D eigenvalue weighted by molar-refractivity contribution is 0.342. The first kappa shape index (κ1) is 12.9. The van der Waals surface area contributed by atoms with E-state index in [0.717, 1.165) is 36.2 Å². The highest BCUT2D eigenvalue weighted by Gasteiger charge is 2.29. The van der Waals surface area contributed by atoms with Crippen LogP contribution in [0.4, 0.5) is 0 Å². The second-order valence-corrected chi connectivity index (χ2v) is 6.13. The summed E-state index contributed by atoms with van der Waals surface area (Å²) in [5.41, 5.74) is 0. The molecule has 0 bridgehead atoms. The van der Waals surface area contributed by atoms with E-state index in [1.165, 1.54) is 0 Å². The van der Waals surface area contributed by atoms with Crippen LogP contribution in [-0.4, -0.2) is 28.5 Å². The van der Waals surface area contributed by atoms with Crippen molar-refractivity contribution < 1.29 is 4.52 Å². The Balaban J connectivity index is 1.87. The van der Waals surface area contributed by atoms with Gasteiger partial charge in [-0.1, -0.05) is 19.0 Å². The molecule has 0 saturated carbocycles. The van der Waals surface area contributed by atoms with Gasteiger partial charge < -0.3 is 9.84 Å². The Morgan fingerprint density at radius 1 is 1.53 bits per heavy atom. The fourth-order valence-electron chi connectivity index (χ4n) is 2.06. The molecule has 2 rings (SSSR count). The van der Waals surface area contributed by atoms with E-state index in [2.05, 4.69) is 36.2 Å². The molecule has 1 aromatic heterocycles. The van der Waals surface area contributed by atoms with Crippen molar-refractivity contribution in [2.24, 2.45) is 5.92 Å². The highest BCUT2D eigenvalue weighted by Crippen LogP contribution is 2.26. The first-order valence-electron chi connectivity index (χ1n) is 6.30. The lowest BCUT2D eigenvalue weighted by atomic mass is 10.0. The topological polar surface area (TPSA) is 51.0 Å². The van der Waals surface area contributed by atoms with Crippen molar-refractivity contribution in [2.45, 2.75) is 44.9 Å². The van der Waals surface area contributed by atoms with E-state index >= 15 is 0 Å². The third-order valence-corrected chi connectivity index (χ3v) is 4.37. The van der Waals surface area contributed by atoms with Crippen LogP contribution in [0.3, 0.4) is 0 Å². The second-order valence-electron chi connectivity index (χ2n) is 5.10. The molecule has 1 aromatic rings. The van der Waals surface area contributed by atoms with Crippen molar-refractivity contribution in [1.82, 2.24) is 15.5 Å². The predicted molar refractivity (Wildman–Crippen MR) is 70.1 cm³/mol. The van der Waals surface area contributed by atoms with Gasteiger partial charge in [0.05, 0.1) is 11.7 Å². The smallest absolute Gasteiger partial charge is 0.231 e. The van der Waals surface area contributed by atoms with Crippen molar-refractivity contribution in [2.75, 3.05) is 12.3 Å². The summed E-state index contributed by atoms with van der Waals surface area (Å²) in [6, 6.07) is 0.451. The standard InChI is InChI=1S/C12H21N3OS/c1-8(2)6-17-7-11-14-12(16-15-11)10-4-5-13-9(10)3/h8-10,13H,4-7H2,1-3H3. The Labute approximate surface area is 107 Å². The van der Waals surface area contributed by atoms with Crippen molar-refractivity contribution in [3.8, 4) is 0 Å². The van der Waals surface area contributed by atoms with E-state index in [4.69, 9.17) is 4.52 Å². The summed E-state index contributed by atoms with van der Waals surface area (Å²) >= 11 is 1.87. The largest absolute Gasteiger partial charge is 0.339 e. The zero-order valence-electron chi connectivity index (χ0n) is 10.8. The Kier molecular flexibility index (Phi) is 4.45. The van der Waals surface area contributed by atoms with Gasteiger partial charge in [0.1, 0.15) is 0 Å². The van der Waals surface area contributed by atoms with Gasteiger partial charge >= 0.3 is 0 Å². The van der Waals surface area contributed by atoms with Crippen molar-refractivity contribution in [3.63, 3.8) is 0 Å². The highest BCUT2D eigenvalue weighted by molar-refractivity contribution is 7.98. The predicted octanol–water partition coefficient (Wildman–Crippen LogP) is 2.42. The van der Waals surface area contributed by atoms with Crippen molar-refractivity contribution in [1.29, 1.82) is 0 Å². The number of nitrogens with one attached hydrogen (secondary N) is 1. The summed E-state index contributed by atoms with van der Waals surface area (Å²) < 4.78 is 5.36. The number of nitrogens with zero attached hydrogens (tertiary/aromatic N) is 2. The van der Waals surface area contributed by atoms with Gasteiger partial charge in [-0.15, -0.1) is 0 Å². The van der Waals surface area contributed by atoms with Crippen LogP contribution in [0.25, 0.3) is 0 Å². The summed E-state index contributed by atoms with van der Waals surface area (Å²) in [5, 5.41) is 7.46. The third kappa shape index (κ3) is 3.45. The monoisotopic (exact) mass is 255 g/mol. The molecule has 1 N–H and O–H groups in total. The van der Waals surface area contributed by atoms with E-state index in [1.54, 1.807) is 0 Å². The average Bonchev–Trinajstić information content (AvgIpc) is 2.86. The average molecular weight is 255 g/mol. The molecule has 2 unspecified atom stereocenters. The van der Waals surface area contributed by atoms with Crippen LogP contribution in [0, 0.1) is 5.92 Å². The zero-order chi connectivity index (χ0) is 12.3. The second kappa shape index (κ2) is 5.87. The molecule has 1 fully saturated rings. The summed E-state index contributed by atoms with van der Waals surface area (Å²) in [7, 11) is 0. The van der Waals surface area contributed by atoms with Crippen LogP contribution in [0.2, 0.25) is 0 Å². The molecule has 0 aromatic carbocycles. The molecule has 2 heterocycles. The molecule has 5 heteroatoms. The number of rotatable bonds is 5. The fourth-order valence-corrected chi connectivity index (χ4v) is 2.95. The molecule has 1 aliphatic heterocycles. The Morgan fingerprint density at radius 2 is 2.35 bits per heavy atom. The van der Waals surface area contributed by atoms with E-state index in [1.807, 2.05) is 11.8 Å². The molecular weight excluding hydrogens is 234 g/mol. The van der Waals surface area contributed by atoms with Gasteiger partial charge in [0.2, 0.25) is 5.89 Å². The summed E-state index contributed by atoms with van der Waals surface area (Å²) in [4.78, 5) is 4.50. The summed E-state index contributed by atoms with van der Waals surface area (Å²) in [5.74, 6) is 4.76. The SMILES string of the molecule is CC(C)CSCc1noc(C2CCNC2C)n1. The molecule has 0 aliphatic carbocycles. The molecule has 1 saturated heterocycles. The minimum absolute atomic E-state index is 0.395. The normalized spacial score (nSPS) is 24.7. The first-order valence-corrected chi connectivity index (χ1v) is 7.46. The van der Waals surface area contributed by atoms with Crippen LogP contribution in [0.15, 0.2) is 4.52 Å². The maximum Gasteiger partial charge on any atom is 0.231 e. The van der Waals surface area contributed by atoms with E-state index in [0.29, 0.717) is 17.9 Å². The molecule has 4 nitrogen and oxygen atoms in total.